The Labute approximate surface area is 164 Å². The van der Waals surface area contributed by atoms with Crippen LogP contribution in [0.5, 0.6) is 0 Å². The summed E-state index contributed by atoms with van der Waals surface area (Å²) in [7, 11) is 0. The number of nitrogens with zero attached hydrogens (tertiary/aromatic N) is 4. The van der Waals surface area contributed by atoms with E-state index in [0.29, 0.717) is 11.6 Å². The van der Waals surface area contributed by atoms with Crippen molar-refractivity contribution in [3.8, 4) is 0 Å². The fraction of sp³-hybridized carbons (Fsp3) is 0. The smallest absolute Gasteiger partial charge is 0.152 e. The van der Waals surface area contributed by atoms with Gasteiger partial charge in [-0.1, -0.05) is 72.8 Å². The second kappa shape index (κ2) is 8.64. The second-order valence-electron chi connectivity index (χ2n) is 6.03. The Morgan fingerprint density at radius 3 is 1.21 bits per heavy atom. The van der Waals surface area contributed by atoms with Crippen LogP contribution in [0.3, 0.4) is 0 Å². The topological polar surface area (TPSA) is 50.5 Å². The first-order valence-electron chi connectivity index (χ1n) is 9.01. The molecule has 0 radical (unpaired) electrons. The van der Waals surface area contributed by atoms with Gasteiger partial charge in [0.25, 0.3) is 0 Å². The highest BCUT2D eigenvalue weighted by Crippen LogP contribution is 2.18. The first kappa shape index (κ1) is 17.5. The summed E-state index contributed by atoms with van der Waals surface area (Å²) in [5, 5.41) is 0. The summed E-state index contributed by atoms with van der Waals surface area (Å²) in [4.78, 5) is 18.4. The Morgan fingerprint density at radius 1 is 0.464 bits per heavy atom. The third-order valence-corrected chi connectivity index (χ3v) is 4.07. The maximum Gasteiger partial charge on any atom is 0.152 e. The van der Waals surface area contributed by atoms with E-state index in [1.165, 1.54) is 0 Å². The summed E-state index contributed by atoms with van der Waals surface area (Å²) in [6, 6.07) is 31.4. The van der Waals surface area contributed by atoms with Gasteiger partial charge in [-0.05, 0) is 24.3 Å². The molecule has 2 heterocycles. The molecule has 4 nitrogen and oxygen atoms in total. The molecule has 0 unspecified atom stereocenters. The van der Waals surface area contributed by atoms with Gasteiger partial charge in [0.15, 0.2) is 11.6 Å². The number of hydrogen-bond donors (Lipinski definition) is 0. The Kier molecular flexibility index (Phi) is 5.40. The minimum Gasteiger partial charge on any atom is -0.237 e. The molecule has 2 aromatic carbocycles. The Hall–Kier alpha value is -3.92. The van der Waals surface area contributed by atoms with Crippen LogP contribution in [0.25, 0.3) is 0 Å². The van der Waals surface area contributed by atoms with Crippen molar-refractivity contribution in [3.63, 3.8) is 0 Å². The molecule has 0 aliphatic rings. The number of aliphatic imine (C=N–C) groups is 2. The molecule has 4 heteroatoms. The normalized spacial score (nSPS) is 12.0. The lowest BCUT2D eigenvalue weighted by Crippen LogP contribution is -2.17. The van der Waals surface area contributed by atoms with Gasteiger partial charge in [0.2, 0.25) is 0 Å². The SMILES string of the molecule is c1ccc(C(=Nc2ccccn2)C(=Nc2ccccn2)c2ccccc2)cc1. The Morgan fingerprint density at radius 2 is 0.857 bits per heavy atom. The van der Waals surface area contributed by atoms with Gasteiger partial charge in [-0.3, -0.25) is 0 Å². The molecule has 2 aromatic heterocycles. The minimum absolute atomic E-state index is 0.631. The van der Waals surface area contributed by atoms with Crippen LogP contribution in [0.15, 0.2) is 119 Å². The lowest BCUT2D eigenvalue weighted by Gasteiger charge is -2.11. The summed E-state index contributed by atoms with van der Waals surface area (Å²) in [5.74, 6) is 1.26. The standard InChI is InChI=1S/C24H18N4/c1-3-11-19(12-4-1)23(27-21-15-7-9-17-25-21)24(20-13-5-2-6-14-20)28-22-16-8-10-18-26-22/h1-18H. The summed E-state index contributed by atoms with van der Waals surface area (Å²) >= 11 is 0. The quantitative estimate of drug-likeness (QED) is 0.445. The van der Waals surface area contributed by atoms with Crippen LogP contribution in [0.4, 0.5) is 11.6 Å². The second-order valence-corrected chi connectivity index (χ2v) is 6.03. The summed E-state index contributed by atoms with van der Waals surface area (Å²) in [5.41, 5.74) is 3.42. The highest BCUT2D eigenvalue weighted by molar-refractivity contribution is 6.54. The van der Waals surface area contributed by atoms with Crippen LogP contribution in [-0.4, -0.2) is 21.4 Å². The summed E-state index contributed by atoms with van der Waals surface area (Å²) in [6.45, 7) is 0. The average Bonchev–Trinajstić information content (AvgIpc) is 2.79. The van der Waals surface area contributed by atoms with Crippen molar-refractivity contribution in [1.29, 1.82) is 0 Å². The molecule has 0 saturated carbocycles. The molecule has 0 spiro atoms. The van der Waals surface area contributed by atoms with E-state index in [1.807, 2.05) is 97.1 Å². The fourth-order valence-corrected chi connectivity index (χ4v) is 2.77. The van der Waals surface area contributed by atoms with Crippen molar-refractivity contribution in [1.82, 2.24) is 9.97 Å². The lowest BCUT2D eigenvalue weighted by atomic mass is 9.99. The first-order valence-corrected chi connectivity index (χ1v) is 9.01. The van der Waals surface area contributed by atoms with Gasteiger partial charge in [0.1, 0.15) is 0 Å². The molecular formula is C24H18N4. The van der Waals surface area contributed by atoms with Crippen LogP contribution in [0.1, 0.15) is 11.1 Å². The third-order valence-electron chi connectivity index (χ3n) is 4.07. The predicted molar refractivity (Wildman–Crippen MR) is 114 cm³/mol. The van der Waals surface area contributed by atoms with E-state index in [0.717, 1.165) is 22.6 Å². The van der Waals surface area contributed by atoms with Gasteiger partial charge < -0.3 is 0 Å². The molecule has 4 aromatic rings. The third kappa shape index (κ3) is 4.24. The average molecular weight is 362 g/mol. The summed E-state index contributed by atoms with van der Waals surface area (Å²) in [6.07, 6.45) is 3.47. The number of pyridine rings is 2. The maximum absolute atomic E-state index is 4.85. The van der Waals surface area contributed by atoms with E-state index in [-0.39, 0.29) is 0 Å². The lowest BCUT2D eigenvalue weighted by molar-refractivity contribution is 1.26. The zero-order chi connectivity index (χ0) is 19.0. The van der Waals surface area contributed by atoms with Gasteiger partial charge in [-0.25, -0.2) is 20.0 Å². The molecule has 28 heavy (non-hydrogen) atoms. The van der Waals surface area contributed by atoms with Gasteiger partial charge in [-0.15, -0.1) is 0 Å². The van der Waals surface area contributed by atoms with Crippen molar-refractivity contribution in [2.45, 2.75) is 0 Å². The van der Waals surface area contributed by atoms with Gasteiger partial charge in [0.05, 0.1) is 11.4 Å². The Balaban J connectivity index is 1.94. The van der Waals surface area contributed by atoms with E-state index in [9.17, 15) is 0 Å². The molecule has 0 aliphatic heterocycles. The largest absolute Gasteiger partial charge is 0.237 e. The molecule has 0 amide bonds. The number of benzene rings is 2. The number of aromatic nitrogens is 2. The molecule has 0 fully saturated rings. The zero-order valence-corrected chi connectivity index (χ0v) is 15.2. The van der Waals surface area contributed by atoms with Crippen LogP contribution < -0.4 is 0 Å². The van der Waals surface area contributed by atoms with Crippen molar-refractivity contribution in [2.24, 2.45) is 9.98 Å². The van der Waals surface area contributed by atoms with Gasteiger partial charge >= 0.3 is 0 Å². The molecular weight excluding hydrogens is 344 g/mol. The van der Waals surface area contributed by atoms with E-state index in [1.54, 1.807) is 12.4 Å². The number of hydrogen-bond acceptors (Lipinski definition) is 4. The van der Waals surface area contributed by atoms with Crippen LogP contribution >= 0.6 is 0 Å². The van der Waals surface area contributed by atoms with Gasteiger partial charge in [-0.2, -0.15) is 0 Å². The predicted octanol–water partition coefficient (Wildman–Crippen LogP) is 5.42. The van der Waals surface area contributed by atoms with Crippen molar-refractivity contribution >= 4 is 23.1 Å². The van der Waals surface area contributed by atoms with E-state index >= 15 is 0 Å². The molecule has 0 N–H and O–H groups in total. The molecule has 134 valence electrons. The monoisotopic (exact) mass is 362 g/mol. The van der Waals surface area contributed by atoms with E-state index < -0.39 is 0 Å². The molecule has 0 atom stereocenters. The van der Waals surface area contributed by atoms with Crippen molar-refractivity contribution < 1.29 is 0 Å². The van der Waals surface area contributed by atoms with Crippen LogP contribution in [0.2, 0.25) is 0 Å². The highest BCUT2D eigenvalue weighted by Gasteiger charge is 2.15. The van der Waals surface area contributed by atoms with E-state index in [4.69, 9.17) is 9.98 Å². The van der Waals surface area contributed by atoms with Gasteiger partial charge in [0, 0.05) is 23.5 Å². The van der Waals surface area contributed by atoms with Crippen molar-refractivity contribution in [2.75, 3.05) is 0 Å². The zero-order valence-electron chi connectivity index (χ0n) is 15.2. The summed E-state index contributed by atoms with van der Waals surface area (Å²) < 4.78 is 0. The molecule has 0 saturated heterocycles. The number of rotatable bonds is 5. The van der Waals surface area contributed by atoms with Crippen LogP contribution in [0, 0.1) is 0 Å². The molecule has 0 aliphatic carbocycles. The van der Waals surface area contributed by atoms with Crippen LogP contribution in [-0.2, 0) is 0 Å². The first-order chi connectivity index (χ1) is 13.9. The minimum atomic E-state index is 0.631. The highest BCUT2D eigenvalue weighted by atomic mass is 14.9. The molecule has 4 rings (SSSR count). The fourth-order valence-electron chi connectivity index (χ4n) is 2.77. The van der Waals surface area contributed by atoms with Crippen molar-refractivity contribution in [3.05, 3.63) is 121 Å². The molecule has 0 bridgehead atoms. The Bertz CT molecular complexity index is 984. The maximum atomic E-state index is 4.85. The van der Waals surface area contributed by atoms with E-state index in [2.05, 4.69) is 9.97 Å².